The highest BCUT2D eigenvalue weighted by molar-refractivity contribution is 7.89. The van der Waals surface area contributed by atoms with E-state index in [0.717, 1.165) is 0 Å². The summed E-state index contributed by atoms with van der Waals surface area (Å²) in [6, 6.07) is 4.51. The Morgan fingerprint density at radius 2 is 2.00 bits per heavy atom. The van der Waals surface area contributed by atoms with Crippen LogP contribution in [0.5, 0.6) is 0 Å². The van der Waals surface area contributed by atoms with E-state index in [9.17, 15) is 8.42 Å². The van der Waals surface area contributed by atoms with Gasteiger partial charge < -0.3 is 5.21 Å². The maximum atomic E-state index is 11.2. The molecule has 1 atom stereocenters. The molecule has 1 unspecified atom stereocenters. The Morgan fingerprint density at radius 3 is 2.44 bits per heavy atom. The second-order valence-electron chi connectivity index (χ2n) is 3.42. The molecule has 0 aliphatic heterocycles. The highest BCUT2D eigenvalue weighted by Crippen LogP contribution is 2.19. The molecule has 0 bridgehead atoms. The first-order valence-electron chi connectivity index (χ1n) is 4.39. The third-order valence-corrected chi connectivity index (χ3v) is 3.27. The molecule has 0 amide bonds. The van der Waals surface area contributed by atoms with Crippen LogP contribution in [-0.4, -0.2) is 13.6 Å². The fourth-order valence-corrected chi connectivity index (χ4v) is 2.08. The fraction of sp³-hybridized carbons (Fsp3) is 0.333. The zero-order valence-electron chi connectivity index (χ0n) is 8.97. The molecule has 4 N–H and O–H groups in total. The molecule has 5 nitrogen and oxygen atoms in total. The molecule has 0 spiro atoms. The number of rotatable bonds is 3. The average molecular weight is 267 g/mol. The Balaban J connectivity index is 0.00000225. The lowest BCUT2D eigenvalue weighted by atomic mass is 10.1. The lowest BCUT2D eigenvalue weighted by Gasteiger charge is -2.11. The monoisotopic (exact) mass is 266 g/mol. The van der Waals surface area contributed by atoms with Crippen LogP contribution in [0.2, 0.25) is 0 Å². The molecule has 1 aromatic carbocycles. The first-order valence-corrected chi connectivity index (χ1v) is 5.94. The van der Waals surface area contributed by atoms with Gasteiger partial charge in [-0.25, -0.2) is 13.6 Å². The summed E-state index contributed by atoms with van der Waals surface area (Å²) < 4.78 is 22.4. The van der Waals surface area contributed by atoms with Crippen LogP contribution in [0, 0.1) is 6.92 Å². The topological polar surface area (TPSA) is 92.4 Å². The summed E-state index contributed by atoms with van der Waals surface area (Å²) in [4.78, 5) is 0.0853. The van der Waals surface area contributed by atoms with E-state index < -0.39 is 10.0 Å². The van der Waals surface area contributed by atoms with Crippen molar-refractivity contribution >= 4 is 22.4 Å². The highest BCUT2D eigenvalue weighted by Gasteiger charge is 2.14. The van der Waals surface area contributed by atoms with Crippen LogP contribution in [0.25, 0.3) is 0 Å². The first kappa shape index (κ1) is 15.3. The molecular weight excluding hydrogens is 252 g/mol. The predicted molar refractivity (Wildman–Crippen MR) is 63.1 cm³/mol. The van der Waals surface area contributed by atoms with Gasteiger partial charge in [-0.1, -0.05) is 12.1 Å². The Bertz CT molecular complexity index is 462. The van der Waals surface area contributed by atoms with E-state index in [2.05, 4.69) is 0 Å². The maximum absolute atomic E-state index is 11.2. The molecule has 0 heterocycles. The lowest BCUT2D eigenvalue weighted by Crippen LogP contribution is -2.17. The second-order valence-corrected chi connectivity index (χ2v) is 4.95. The number of nitrogens with two attached hydrogens (primary N) is 1. The molecule has 92 valence electrons. The Hall–Kier alpha value is -0.660. The molecule has 7 heteroatoms. The van der Waals surface area contributed by atoms with E-state index in [-0.39, 0.29) is 23.3 Å². The van der Waals surface area contributed by atoms with Crippen LogP contribution in [0.4, 0.5) is 0 Å². The Kier molecular flexibility index (Phi) is 5.37. The number of sulfonamides is 1. The molecule has 0 saturated heterocycles. The van der Waals surface area contributed by atoms with E-state index in [1.807, 2.05) is 5.48 Å². The van der Waals surface area contributed by atoms with Gasteiger partial charge in [0.25, 0.3) is 0 Å². The van der Waals surface area contributed by atoms with Crippen LogP contribution in [0.1, 0.15) is 24.1 Å². The van der Waals surface area contributed by atoms with Gasteiger partial charge in [0.15, 0.2) is 0 Å². The third-order valence-electron chi connectivity index (χ3n) is 2.21. The number of hydrogen-bond acceptors (Lipinski definition) is 4. The minimum Gasteiger partial charge on any atom is -0.316 e. The molecule has 1 aromatic rings. The number of nitrogens with one attached hydrogen (secondary N) is 1. The number of primary sulfonamides is 1. The van der Waals surface area contributed by atoms with Crippen molar-refractivity contribution in [2.75, 3.05) is 0 Å². The summed E-state index contributed by atoms with van der Waals surface area (Å²) in [6.07, 6.45) is 0. The first-order chi connectivity index (χ1) is 6.86. The normalized spacial score (nSPS) is 13.0. The number of hydrogen-bond donors (Lipinski definition) is 3. The second kappa shape index (κ2) is 5.60. The van der Waals surface area contributed by atoms with E-state index >= 15 is 0 Å². The van der Waals surface area contributed by atoms with Crippen molar-refractivity contribution in [3.8, 4) is 0 Å². The summed E-state index contributed by atoms with van der Waals surface area (Å²) in [6.45, 7) is 3.37. The summed E-state index contributed by atoms with van der Waals surface area (Å²) in [5.74, 6) is 0. The van der Waals surface area contributed by atoms with Gasteiger partial charge in [0.05, 0.1) is 10.9 Å². The molecule has 0 aliphatic rings. The van der Waals surface area contributed by atoms with Crippen LogP contribution in [0.15, 0.2) is 23.1 Å². The minimum absolute atomic E-state index is 0. The van der Waals surface area contributed by atoms with Crippen molar-refractivity contribution < 1.29 is 13.6 Å². The average Bonchev–Trinajstić information content (AvgIpc) is 2.15. The standard InChI is InChI=1S/C9H14N2O3S.ClH/c1-6-3-4-8(7(2)11-12)5-9(6)15(10,13)14;/h3-5,7,11-12H,1-2H3,(H2,10,13,14);1H. The van der Waals surface area contributed by atoms with Crippen molar-refractivity contribution in [3.63, 3.8) is 0 Å². The molecular formula is C9H15ClN2O3S. The zero-order chi connectivity index (χ0) is 11.6. The van der Waals surface area contributed by atoms with Gasteiger partial charge in [0.1, 0.15) is 0 Å². The van der Waals surface area contributed by atoms with Crippen LogP contribution in [0.3, 0.4) is 0 Å². The van der Waals surface area contributed by atoms with Gasteiger partial charge >= 0.3 is 0 Å². The van der Waals surface area contributed by atoms with Gasteiger partial charge in [-0.05, 0) is 31.0 Å². The van der Waals surface area contributed by atoms with Crippen molar-refractivity contribution in [1.29, 1.82) is 0 Å². The van der Waals surface area contributed by atoms with Crippen molar-refractivity contribution in [1.82, 2.24) is 5.48 Å². The quantitative estimate of drug-likeness (QED) is 0.715. The molecule has 0 radical (unpaired) electrons. The minimum atomic E-state index is -3.71. The van der Waals surface area contributed by atoms with E-state index in [1.165, 1.54) is 6.07 Å². The van der Waals surface area contributed by atoms with Crippen LogP contribution < -0.4 is 10.6 Å². The summed E-state index contributed by atoms with van der Waals surface area (Å²) in [5.41, 5.74) is 3.29. The maximum Gasteiger partial charge on any atom is 0.238 e. The SMILES string of the molecule is Cc1ccc(C(C)NO)cc1S(N)(=O)=O.Cl. The van der Waals surface area contributed by atoms with Crippen molar-refractivity contribution in [3.05, 3.63) is 29.3 Å². The Labute approximate surface area is 101 Å². The van der Waals surface area contributed by atoms with Crippen molar-refractivity contribution in [2.24, 2.45) is 5.14 Å². The molecule has 0 aromatic heterocycles. The van der Waals surface area contributed by atoms with E-state index in [0.29, 0.717) is 11.1 Å². The van der Waals surface area contributed by atoms with Gasteiger partial charge in [-0.2, -0.15) is 5.48 Å². The number of hydroxylamine groups is 1. The number of benzene rings is 1. The summed E-state index contributed by atoms with van der Waals surface area (Å²) in [7, 11) is -3.71. The van der Waals surface area contributed by atoms with Gasteiger partial charge in [0.2, 0.25) is 10.0 Å². The predicted octanol–water partition coefficient (Wildman–Crippen LogP) is 1.10. The molecule has 0 aliphatic carbocycles. The van der Waals surface area contributed by atoms with Gasteiger partial charge in [0, 0.05) is 0 Å². The van der Waals surface area contributed by atoms with Crippen LogP contribution in [-0.2, 0) is 10.0 Å². The fourth-order valence-electron chi connectivity index (χ4n) is 1.27. The van der Waals surface area contributed by atoms with Crippen molar-refractivity contribution in [2.45, 2.75) is 24.8 Å². The highest BCUT2D eigenvalue weighted by atomic mass is 35.5. The molecule has 16 heavy (non-hydrogen) atoms. The number of aryl methyl sites for hydroxylation is 1. The Morgan fingerprint density at radius 1 is 1.44 bits per heavy atom. The van der Waals surface area contributed by atoms with E-state index in [4.69, 9.17) is 10.3 Å². The van der Waals surface area contributed by atoms with Gasteiger partial charge in [-0.3, -0.25) is 0 Å². The molecule has 0 fully saturated rings. The van der Waals surface area contributed by atoms with E-state index in [1.54, 1.807) is 26.0 Å². The smallest absolute Gasteiger partial charge is 0.238 e. The zero-order valence-corrected chi connectivity index (χ0v) is 10.6. The lowest BCUT2D eigenvalue weighted by molar-refractivity contribution is 0.133. The third kappa shape index (κ3) is 3.43. The molecule has 1 rings (SSSR count). The molecule has 0 saturated carbocycles. The largest absolute Gasteiger partial charge is 0.316 e. The summed E-state index contributed by atoms with van der Waals surface area (Å²) in [5, 5.41) is 13.8. The number of halogens is 1. The summed E-state index contributed by atoms with van der Waals surface area (Å²) >= 11 is 0. The van der Waals surface area contributed by atoms with Crippen LogP contribution >= 0.6 is 12.4 Å². The van der Waals surface area contributed by atoms with Gasteiger partial charge in [-0.15, -0.1) is 12.4 Å².